The Labute approximate surface area is 208 Å². The molecule has 2 aromatic heterocycles. The second-order valence-electron chi connectivity index (χ2n) is 9.93. The Balaban J connectivity index is 1.44. The Hall–Kier alpha value is -3.45. The molecule has 0 radical (unpaired) electrons. The van der Waals surface area contributed by atoms with Crippen molar-refractivity contribution in [1.82, 2.24) is 19.2 Å². The highest BCUT2D eigenvalue weighted by atomic mass is 19.3. The molecule has 0 saturated carbocycles. The number of ether oxygens (including phenoxy) is 1. The van der Waals surface area contributed by atoms with Crippen LogP contribution in [0.5, 0.6) is 5.75 Å². The summed E-state index contributed by atoms with van der Waals surface area (Å²) in [6.45, 7) is 7.70. The predicted molar refractivity (Wildman–Crippen MR) is 132 cm³/mol. The molecule has 190 valence electrons. The van der Waals surface area contributed by atoms with Gasteiger partial charge in [-0.3, -0.25) is 14.4 Å². The SMILES string of the molecule is CC(c1ccc2c(c1)C(F)(F)CCO2)N1C[C@H](C)N(c2cc(=O)n(C)c3cn(CC#N)nc23)C[C@H]1C. The number of fused-ring (bicyclic) bond motifs is 2. The second kappa shape index (κ2) is 8.89. The number of anilines is 1. The highest BCUT2D eigenvalue weighted by Gasteiger charge is 2.39. The van der Waals surface area contributed by atoms with Gasteiger partial charge in [0.15, 0.2) is 0 Å². The molecule has 0 amide bonds. The van der Waals surface area contributed by atoms with Crippen LogP contribution < -0.4 is 15.2 Å². The van der Waals surface area contributed by atoms with Crippen LogP contribution in [0.25, 0.3) is 11.0 Å². The number of aryl methyl sites for hydroxylation is 1. The van der Waals surface area contributed by atoms with Gasteiger partial charge < -0.3 is 14.2 Å². The van der Waals surface area contributed by atoms with Gasteiger partial charge in [-0.15, -0.1) is 0 Å². The van der Waals surface area contributed by atoms with Gasteiger partial charge in [-0.25, -0.2) is 8.78 Å². The number of halogens is 2. The van der Waals surface area contributed by atoms with Crippen molar-refractivity contribution in [3.05, 3.63) is 51.9 Å². The van der Waals surface area contributed by atoms with E-state index in [9.17, 15) is 13.6 Å². The zero-order valence-electron chi connectivity index (χ0n) is 20.9. The smallest absolute Gasteiger partial charge is 0.280 e. The number of piperazine rings is 1. The third-order valence-electron chi connectivity index (χ3n) is 7.56. The van der Waals surface area contributed by atoms with Crippen molar-refractivity contribution < 1.29 is 13.5 Å². The van der Waals surface area contributed by atoms with E-state index in [1.807, 2.05) is 13.0 Å². The molecule has 0 aliphatic carbocycles. The molecule has 10 heteroatoms. The average Bonchev–Trinajstić information content (AvgIpc) is 3.26. The van der Waals surface area contributed by atoms with E-state index in [2.05, 4.69) is 34.8 Å². The highest BCUT2D eigenvalue weighted by Crippen LogP contribution is 2.43. The van der Waals surface area contributed by atoms with Gasteiger partial charge >= 0.3 is 0 Å². The quantitative estimate of drug-likeness (QED) is 0.547. The Morgan fingerprint density at radius 1 is 1.25 bits per heavy atom. The first kappa shape index (κ1) is 24.3. The van der Waals surface area contributed by atoms with Gasteiger partial charge in [0.05, 0.1) is 42.1 Å². The summed E-state index contributed by atoms with van der Waals surface area (Å²) in [7, 11) is 1.70. The molecule has 1 fully saturated rings. The predicted octanol–water partition coefficient (Wildman–Crippen LogP) is 3.79. The van der Waals surface area contributed by atoms with Crippen LogP contribution >= 0.6 is 0 Å². The van der Waals surface area contributed by atoms with Gasteiger partial charge in [0.2, 0.25) is 0 Å². The molecule has 0 spiro atoms. The van der Waals surface area contributed by atoms with Crippen molar-refractivity contribution in [1.29, 1.82) is 5.26 Å². The lowest BCUT2D eigenvalue weighted by atomic mass is 9.95. The summed E-state index contributed by atoms with van der Waals surface area (Å²) in [5.74, 6) is -2.63. The standard InChI is InChI=1S/C26H30F2N6O2/c1-16-14-34(21-12-24(35)31(4)22-15-32(9-8-29)30-25(21)22)17(2)13-33(16)18(3)19-5-6-23-20(11-19)26(27,28)7-10-36-23/h5-6,11-12,15-18H,7,9-10,13-14H2,1-4H3/t16-,17+,18?/m1/s1. The lowest BCUT2D eigenvalue weighted by molar-refractivity contribution is -0.0406. The molecule has 4 heterocycles. The van der Waals surface area contributed by atoms with Gasteiger partial charge in [0, 0.05) is 44.3 Å². The summed E-state index contributed by atoms with van der Waals surface area (Å²) in [6.07, 6.45) is 1.42. The molecular formula is C26H30F2N6O2. The molecule has 1 unspecified atom stereocenters. The van der Waals surface area contributed by atoms with Crippen molar-refractivity contribution in [2.75, 3.05) is 24.6 Å². The largest absolute Gasteiger partial charge is 0.493 e. The normalized spacial score (nSPS) is 22.6. The number of hydrogen-bond donors (Lipinski definition) is 0. The lowest BCUT2D eigenvalue weighted by Crippen LogP contribution is -2.57. The zero-order chi connectivity index (χ0) is 25.8. The van der Waals surface area contributed by atoms with E-state index < -0.39 is 5.92 Å². The minimum atomic E-state index is -2.89. The summed E-state index contributed by atoms with van der Waals surface area (Å²) in [4.78, 5) is 17.2. The van der Waals surface area contributed by atoms with E-state index in [-0.39, 0.29) is 54.6 Å². The lowest BCUT2D eigenvalue weighted by Gasteiger charge is -2.47. The summed E-state index contributed by atoms with van der Waals surface area (Å²) >= 11 is 0. The average molecular weight is 497 g/mol. The fraction of sp³-hybridized carbons (Fsp3) is 0.500. The Morgan fingerprint density at radius 3 is 2.78 bits per heavy atom. The third-order valence-corrected chi connectivity index (χ3v) is 7.56. The van der Waals surface area contributed by atoms with Crippen LogP contribution in [0.1, 0.15) is 44.4 Å². The maximum atomic E-state index is 14.5. The number of rotatable bonds is 4. The van der Waals surface area contributed by atoms with Crippen LogP contribution in [-0.4, -0.2) is 51.0 Å². The monoisotopic (exact) mass is 496 g/mol. The summed E-state index contributed by atoms with van der Waals surface area (Å²) in [5.41, 5.74) is 2.78. The van der Waals surface area contributed by atoms with E-state index in [1.54, 1.807) is 40.7 Å². The van der Waals surface area contributed by atoms with E-state index in [0.717, 1.165) is 11.3 Å². The van der Waals surface area contributed by atoms with Gasteiger partial charge in [0.25, 0.3) is 11.5 Å². The number of aromatic nitrogens is 3. The molecule has 0 N–H and O–H groups in total. The highest BCUT2D eigenvalue weighted by molar-refractivity contribution is 5.88. The Morgan fingerprint density at radius 2 is 2.03 bits per heavy atom. The van der Waals surface area contributed by atoms with Crippen LogP contribution in [0.3, 0.4) is 0 Å². The van der Waals surface area contributed by atoms with Crippen molar-refractivity contribution >= 4 is 16.7 Å². The minimum Gasteiger partial charge on any atom is -0.493 e. The first-order valence-electron chi connectivity index (χ1n) is 12.2. The van der Waals surface area contributed by atoms with Crippen LogP contribution in [-0.2, 0) is 19.5 Å². The summed E-state index contributed by atoms with van der Waals surface area (Å²) in [5, 5.41) is 13.7. The van der Waals surface area contributed by atoms with Crippen molar-refractivity contribution in [2.24, 2.45) is 7.05 Å². The molecular weight excluding hydrogens is 466 g/mol. The number of benzene rings is 1. The van der Waals surface area contributed by atoms with Crippen LogP contribution in [0.15, 0.2) is 35.3 Å². The van der Waals surface area contributed by atoms with Crippen LogP contribution in [0.2, 0.25) is 0 Å². The zero-order valence-corrected chi connectivity index (χ0v) is 20.9. The van der Waals surface area contributed by atoms with Crippen molar-refractivity contribution in [2.45, 2.75) is 57.8 Å². The topological polar surface area (TPSA) is 79.3 Å². The van der Waals surface area contributed by atoms with E-state index >= 15 is 0 Å². The number of nitrogens with zero attached hydrogens (tertiary/aromatic N) is 6. The Bertz CT molecular complexity index is 1410. The molecule has 2 aliphatic heterocycles. The first-order valence-corrected chi connectivity index (χ1v) is 12.2. The molecule has 36 heavy (non-hydrogen) atoms. The van der Waals surface area contributed by atoms with Gasteiger partial charge in [-0.2, -0.15) is 10.4 Å². The first-order chi connectivity index (χ1) is 17.1. The molecule has 0 bridgehead atoms. The Kier molecular flexibility index (Phi) is 5.99. The second-order valence-corrected chi connectivity index (χ2v) is 9.93. The fourth-order valence-electron chi connectivity index (χ4n) is 5.48. The molecule has 1 aromatic carbocycles. The van der Waals surface area contributed by atoms with E-state index in [1.165, 1.54) is 0 Å². The summed E-state index contributed by atoms with van der Waals surface area (Å²) < 4.78 is 37.6. The maximum Gasteiger partial charge on any atom is 0.280 e. The van der Waals surface area contributed by atoms with Crippen LogP contribution in [0, 0.1) is 11.3 Å². The van der Waals surface area contributed by atoms with Gasteiger partial charge in [-0.05, 0) is 38.5 Å². The third kappa shape index (κ3) is 4.01. The number of alkyl halides is 2. The van der Waals surface area contributed by atoms with Crippen molar-refractivity contribution in [3.63, 3.8) is 0 Å². The maximum absolute atomic E-state index is 14.5. The van der Waals surface area contributed by atoms with Gasteiger partial charge in [0.1, 0.15) is 17.8 Å². The van der Waals surface area contributed by atoms with Crippen LogP contribution in [0.4, 0.5) is 14.5 Å². The molecule has 1 saturated heterocycles. The summed E-state index contributed by atoms with van der Waals surface area (Å²) in [6, 6.07) is 8.88. The minimum absolute atomic E-state index is 0.0238. The van der Waals surface area contributed by atoms with E-state index in [0.29, 0.717) is 24.1 Å². The number of nitriles is 1. The number of pyridine rings is 1. The molecule has 2 aliphatic rings. The molecule has 5 rings (SSSR count). The molecule has 8 nitrogen and oxygen atoms in total. The molecule has 3 atom stereocenters. The van der Waals surface area contributed by atoms with Gasteiger partial charge in [-0.1, -0.05) is 6.07 Å². The number of hydrogen-bond acceptors (Lipinski definition) is 6. The van der Waals surface area contributed by atoms with E-state index in [4.69, 9.17) is 10.00 Å². The fourth-order valence-corrected chi connectivity index (χ4v) is 5.48. The van der Waals surface area contributed by atoms with Crippen molar-refractivity contribution in [3.8, 4) is 11.8 Å². The molecule has 3 aromatic rings.